The summed E-state index contributed by atoms with van der Waals surface area (Å²) in [5.41, 5.74) is 2.69. The fourth-order valence-corrected chi connectivity index (χ4v) is 2.18. The first-order chi connectivity index (χ1) is 9.12. The first kappa shape index (κ1) is 16.7. The van der Waals surface area contributed by atoms with Crippen molar-refractivity contribution in [3.8, 4) is 0 Å². The van der Waals surface area contributed by atoms with E-state index in [0.29, 0.717) is 6.54 Å². The number of rotatable bonds is 5. The SMILES string of the molecule is CC(CN(C)C(C)c1ccc(C(C)(C)C)cc1)C(=O)O. The summed E-state index contributed by atoms with van der Waals surface area (Å²) in [6, 6.07) is 8.84. The standard InChI is InChI=1S/C17H27NO2/c1-12(16(19)20)11-18(6)13(2)14-7-9-15(10-8-14)17(3,4)5/h7-10,12-13H,11H2,1-6H3,(H,19,20). The molecule has 0 radical (unpaired) electrons. The Bertz CT molecular complexity index is 445. The maximum absolute atomic E-state index is 10.9. The molecule has 0 saturated carbocycles. The quantitative estimate of drug-likeness (QED) is 0.892. The van der Waals surface area contributed by atoms with Crippen LogP contribution in [-0.2, 0) is 10.2 Å². The van der Waals surface area contributed by atoms with Gasteiger partial charge in [0.05, 0.1) is 5.92 Å². The molecule has 20 heavy (non-hydrogen) atoms. The molecule has 0 aliphatic carbocycles. The predicted octanol–water partition coefficient (Wildman–Crippen LogP) is 3.70. The normalized spacial score (nSPS) is 15.2. The third kappa shape index (κ3) is 4.34. The Morgan fingerprint density at radius 1 is 1.20 bits per heavy atom. The van der Waals surface area contributed by atoms with Crippen LogP contribution in [0.3, 0.4) is 0 Å². The van der Waals surface area contributed by atoms with Crippen molar-refractivity contribution >= 4 is 5.97 Å². The summed E-state index contributed by atoms with van der Waals surface area (Å²) in [6.07, 6.45) is 0. The van der Waals surface area contributed by atoms with Crippen molar-refractivity contribution in [2.24, 2.45) is 5.92 Å². The van der Waals surface area contributed by atoms with E-state index in [1.807, 2.05) is 7.05 Å². The van der Waals surface area contributed by atoms with Gasteiger partial charge in [0.25, 0.3) is 0 Å². The molecule has 1 aromatic carbocycles. The molecule has 0 amide bonds. The van der Waals surface area contributed by atoms with E-state index in [1.165, 1.54) is 11.1 Å². The van der Waals surface area contributed by atoms with E-state index in [0.717, 1.165) is 0 Å². The van der Waals surface area contributed by atoms with Gasteiger partial charge < -0.3 is 5.11 Å². The molecular formula is C17H27NO2. The second-order valence-electron chi connectivity index (χ2n) is 6.73. The van der Waals surface area contributed by atoms with Gasteiger partial charge in [0.2, 0.25) is 0 Å². The van der Waals surface area contributed by atoms with Crippen molar-refractivity contribution in [1.29, 1.82) is 0 Å². The van der Waals surface area contributed by atoms with Crippen LogP contribution in [0.5, 0.6) is 0 Å². The molecule has 1 aromatic rings. The number of carboxylic acid groups (broad SMARTS) is 1. The number of benzene rings is 1. The first-order valence-corrected chi connectivity index (χ1v) is 7.16. The molecule has 2 unspecified atom stereocenters. The highest BCUT2D eigenvalue weighted by atomic mass is 16.4. The van der Waals surface area contributed by atoms with Gasteiger partial charge >= 0.3 is 5.97 Å². The monoisotopic (exact) mass is 277 g/mol. The minimum atomic E-state index is -0.743. The zero-order valence-corrected chi connectivity index (χ0v) is 13.5. The van der Waals surface area contributed by atoms with E-state index >= 15 is 0 Å². The first-order valence-electron chi connectivity index (χ1n) is 7.16. The van der Waals surface area contributed by atoms with Crippen molar-refractivity contribution in [3.05, 3.63) is 35.4 Å². The van der Waals surface area contributed by atoms with Crippen molar-refractivity contribution in [2.45, 2.75) is 46.1 Å². The highest BCUT2D eigenvalue weighted by Crippen LogP contribution is 2.25. The summed E-state index contributed by atoms with van der Waals surface area (Å²) in [5.74, 6) is -1.09. The van der Waals surface area contributed by atoms with E-state index < -0.39 is 5.97 Å². The zero-order chi connectivity index (χ0) is 15.5. The Kier molecular flexibility index (Phi) is 5.35. The summed E-state index contributed by atoms with van der Waals surface area (Å²) in [6.45, 7) is 11.0. The molecule has 0 aromatic heterocycles. The fraction of sp³-hybridized carbons (Fsp3) is 0.588. The van der Waals surface area contributed by atoms with Crippen LogP contribution in [0, 0.1) is 5.92 Å². The van der Waals surface area contributed by atoms with Crippen molar-refractivity contribution < 1.29 is 9.90 Å². The van der Waals surface area contributed by atoms with E-state index in [1.54, 1.807) is 6.92 Å². The Hall–Kier alpha value is -1.35. The summed E-state index contributed by atoms with van der Waals surface area (Å²) in [4.78, 5) is 13.0. The fourth-order valence-electron chi connectivity index (χ4n) is 2.18. The summed E-state index contributed by atoms with van der Waals surface area (Å²) < 4.78 is 0. The molecule has 0 saturated heterocycles. The van der Waals surface area contributed by atoms with Crippen molar-refractivity contribution in [3.63, 3.8) is 0 Å². The number of hydrogen-bond acceptors (Lipinski definition) is 2. The van der Waals surface area contributed by atoms with Crippen LogP contribution >= 0.6 is 0 Å². The van der Waals surface area contributed by atoms with Crippen LogP contribution in [0.1, 0.15) is 51.8 Å². The molecule has 112 valence electrons. The van der Waals surface area contributed by atoms with Gasteiger partial charge in [-0.3, -0.25) is 9.69 Å². The van der Waals surface area contributed by atoms with E-state index in [9.17, 15) is 4.79 Å². The number of nitrogens with zero attached hydrogens (tertiary/aromatic N) is 1. The van der Waals surface area contributed by atoms with Gasteiger partial charge in [-0.15, -0.1) is 0 Å². The largest absolute Gasteiger partial charge is 0.481 e. The molecular weight excluding hydrogens is 250 g/mol. The maximum atomic E-state index is 10.9. The minimum Gasteiger partial charge on any atom is -0.481 e. The van der Waals surface area contributed by atoms with Crippen LogP contribution in [0.2, 0.25) is 0 Å². The molecule has 2 atom stereocenters. The third-order valence-corrected chi connectivity index (χ3v) is 3.90. The second kappa shape index (κ2) is 6.40. The van der Waals surface area contributed by atoms with E-state index in [4.69, 9.17) is 5.11 Å². The van der Waals surface area contributed by atoms with Gasteiger partial charge in [-0.1, -0.05) is 52.0 Å². The molecule has 0 aliphatic heterocycles. The molecule has 0 heterocycles. The Balaban J connectivity index is 2.77. The lowest BCUT2D eigenvalue weighted by atomic mass is 9.86. The average molecular weight is 277 g/mol. The molecule has 3 heteroatoms. The van der Waals surface area contributed by atoms with Crippen LogP contribution < -0.4 is 0 Å². The third-order valence-electron chi connectivity index (χ3n) is 3.90. The van der Waals surface area contributed by atoms with E-state index in [-0.39, 0.29) is 17.4 Å². The highest BCUT2D eigenvalue weighted by Gasteiger charge is 2.19. The number of carbonyl (C=O) groups is 1. The van der Waals surface area contributed by atoms with Gasteiger partial charge in [-0.2, -0.15) is 0 Å². The van der Waals surface area contributed by atoms with Crippen LogP contribution in [-0.4, -0.2) is 29.6 Å². The van der Waals surface area contributed by atoms with Crippen LogP contribution in [0.4, 0.5) is 0 Å². The number of hydrogen-bond donors (Lipinski definition) is 1. The molecule has 0 aliphatic rings. The summed E-state index contributed by atoms with van der Waals surface area (Å²) in [7, 11) is 1.97. The summed E-state index contributed by atoms with van der Waals surface area (Å²) in [5, 5.41) is 8.98. The molecule has 0 spiro atoms. The van der Waals surface area contributed by atoms with Gasteiger partial charge in [0.15, 0.2) is 0 Å². The lowest BCUT2D eigenvalue weighted by Crippen LogP contribution is -2.30. The van der Waals surface area contributed by atoms with Crippen molar-refractivity contribution in [2.75, 3.05) is 13.6 Å². The number of aliphatic carboxylic acids is 1. The Morgan fingerprint density at radius 2 is 1.70 bits per heavy atom. The van der Waals surface area contributed by atoms with E-state index in [2.05, 4.69) is 56.9 Å². The lowest BCUT2D eigenvalue weighted by molar-refractivity contribution is -0.141. The summed E-state index contributed by atoms with van der Waals surface area (Å²) >= 11 is 0. The molecule has 0 bridgehead atoms. The van der Waals surface area contributed by atoms with Crippen LogP contribution in [0.25, 0.3) is 0 Å². The maximum Gasteiger partial charge on any atom is 0.307 e. The number of carboxylic acids is 1. The smallest absolute Gasteiger partial charge is 0.307 e. The average Bonchev–Trinajstić information content (AvgIpc) is 2.36. The minimum absolute atomic E-state index is 0.158. The molecule has 1 rings (SSSR count). The second-order valence-corrected chi connectivity index (χ2v) is 6.73. The van der Waals surface area contributed by atoms with Crippen LogP contribution in [0.15, 0.2) is 24.3 Å². The van der Waals surface area contributed by atoms with Gasteiger partial charge in [0, 0.05) is 12.6 Å². The van der Waals surface area contributed by atoms with Gasteiger partial charge in [0.1, 0.15) is 0 Å². The lowest BCUT2D eigenvalue weighted by Gasteiger charge is -2.27. The highest BCUT2D eigenvalue weighted by molar-refractivity contribution is 5.69. The topological polar surface area (TPSA) is 40.5 Å². The molecule has 3 nitrogen and oxygen atoms in total. The molecule has 1 N–H and O–H groups in total. The molecule has 0 fully saturated rings. The van der Waals surface area contributed by atoms with Crippen molar-refractivity contribution in [1.82, 2.24) is 4.90 Å². The van der Waals surface area contributed by atoms with Gasteiger partial charge in [-0.25, -0.2) is 0 Å². The Morgan fingerprint density at radius 3 is 2.10 bits per heavy atom. The van der Waals surface area contributed by atoms with Gasteiger partial charge in [-0.05, 0) is 30.5 Å². The Labute approximate surface area is 122 Å². The predicted molar refractivity (Wildman–Crippen MR) is 83.0 cm³/mol. The zero-order valence-electron chi connectivity index (χ0n) is 13.5.